The Labute approximate surface area is 110 Å². The van der Waals surface area contributed by atoms with Crippen LogP contribution in [0.5, 0.6) is 11.5 Å². The van der Waals surface area contributed by atoms with Crippen molar-refractivity contribution in [2.75, 3.05) is 6.54 Å². The SMILES string of the molecule is CC(=O)Oc1cccc(OC2CN(C(C)O)C2=O)c1. The van der Waals surface area contributed by atoms with Crippen molar-refractivity contribution < 1.29 is 24.2 Å². The highest BCUT2D eigenvalue weighted by molar-refractivity contribution is 5.87. The van der Waals surface area contributed by atoms with Gasteiger partial charge in [-0.1, -0.05) is 6.07 Å². The van der Waals surface area contributed by atoms with E-state index in [0.717, 1.165) is 0 Å². The zero-order chi connectivity index (χ0) is 14.0. The number of aliphatic hydroxyl groups is 1. The summed E-state index contributed by atoms with van der Waals surface area (Å²) in [6.07, 6.45) is -1.40. The monoisotopic (exact) mass is 265 g/mol. The topological polar surface area (TPSA) is 76.1 Å². The highest BCUT2D eigenvalue weighted by Gasteiger charge is 2.40. The molecule has 0 bridgehead atoms. The minimum atomic E-state index is -0.806. The summed E-state index contributed by atoms with van der Waals surface area (Å²) in [5.41, 5.74) is 0. The summed E-state index contributed by atoms with van der Waals surface area (Å²) in [7, 11) is 0. The molecule has 2 atom stereocenters. The molecule has 1 aliphatic rings. The molecular weight excluding hydrogens is 250 g/mol. The summed E-state index contributed by atoms with van der Waals surface area (Å²) in [5.74, 6) is 0.136. The minimum Gasteiger partial charge on any atom is -0.479 e. The number of hydrogen-bond acceptors (Lipinski definition) is 5. The highest BCUT2D eigenvalue weighted by Crippen LogP contribution is 2.24. The van der Waals surface area contributed by atoms with Crippen molar-refractivity contribution in [3.05, 3.63) is 24.3 Å². The quantitative estimate of drug-likeness (QED) is 0.488. The number of esters is 1. The maximum atomic E-state index is 11.6. The van der Waals surface area contributed by atoms with Gasteiger partial charge in [0.15, 0.2) is 6.10 Å². The van der Waals surface area contributed by atoms with Crippen LogP contribution in [0.25, 0.3) is 0 Å². The second-order valence-corrected chi connectivity index (χ2v) is 4.30. The summed E-state index contributed by atoms with van der Waals surface area (Å²) >= 11 is 0. The number of rotatable bonds is 4. The predicted octanol–water partition coefficient (Wildman–Crippen LogP) is 0.540. The van der Waals surface area contributed by atoms with Gasteiger partial charge in [-0.3, -0.25) is 9.59 Å². The van der Waals surface area contributed by atoms with Crippen molar-refractivity contribution in [3.63, 3.8) is 0 Å². The van der Waals surface area contributed by atoms with Gasteiger partial charge in [-0.2, -0.15) is 0 Å². The van der Waals surface area contributed by atoms with Crippen molar-refractivity contribution in [1.29, 1.82) is 0 Å². The number of aliphatic hydroxyl groups excluding tert-OH is 1. The van der Waals surface area contributed by atoms with Crippen LogP contribution in [0.4, 0.5) is 0 Å². The third kappa shape index (κ3) is 3.03. The van der Waals surface area contributed by atoms with E-state index in [9.17, 15) is 14.7 Å². The molecular formula is C13H15NO5. The highest BCUT2D eigenvalue weighted by atomic mass is 16.5. The summed E-state index contributed by atoms with van der Waals surface area (Å²) in [4.78, 5) is 23.8. The molecule has 0 aliphatic carbocycles. The fourth-order valence-electron chi connectivity index (χ4n) is 1.78. The lowest BCUT2D eigenvalue weighted by atomic mass is 10.1. The van der Waals surface area contributed by atoms with E-state index in [0.29, 0.717) is 18.0 Å². The number of likely N-dealkylation sites (tertiary alicyclic amines) is 1. The standard InChI is InChI=1S/C13H15NO5/c1-8(15)14-7-12(13(14)17)19-11-5-3-4-10(6-11)18-9(2)16/h3-6,8,12,15H,7H2,1-2H3. The average Bonchev–Trinajstić information content (AvgIpc) is 2.32. The molecule has 0 aromatic heterocycles. The van der Waals surface area contributed by atoms with Crippen LogP contribution >= 0.6 is 0 Å². The van der Waals surface area contributed by atoms with Gasteiger partial charge in [-0.15, -0.1) is 0 Å². The van der Waals surface area contributed by atoms with Gasteiger partial charge in [0.2, 0.25) is 0 Å². The lowest BCUT2D eigenvalue weighted by molar-refractivity contribution is -0.167. The molecule has 1 fully saturated rings. The molecule has 1 aromatic carbocycles. The molecule has 1 aromatic rings. The summed E-state index contributed by atoms with van der Waals surface area (Å²) in [5, 5.41) is 9.26. The fourth-order valence-corrected chi connectivity index (χ4v) is 1.78. The van der Waals surface area contributed by atoms with Crippen LogP contribution in [-0.2, 0) is 9.59 Å². The van der Waals surface area contributed by atoms with Gasteiger partial charge in [0.1, 0.15) is 17.7 Å². The largest absolute Gasteiger partial charge is 0.479 e. The smallest absolute Gasteiger partial charge is 0.308 e. The van der Waals surface area contributed by atoms with Crippen LogP contribution in [0.3, 0.4) is 0 Å². The third-order valence-electron chi connectivity index (χ3n) is 2.72. The first-order valence-electron chi connectivity index (χ1n) is 5.91. The molecule has 6 heteroatoms. The van der Waals surface area contributed by atoms with Gasteiger partial charge in [0.25, 0.3) is 5.91 Å². The Morgan fingerprint density at radius 1 is 1.47 bits per heavy atom. The second kappa shape index (κ2) is 5.27. The number of amides is 1. The van der Waals surface area contributed by atoms with Gasteiger partial charge in [0.05, 0.1) is 6.54 Å². The molecule has 1 N–H and O–H groups in total. The number of carbonyl (C=O) groups excluding carboxylic acids is 2. The Kier molecular flexibility index (Phi) is 3.71. The fraction of sp³-hybridized carbons (Fsp3) is 0.385. The van der Waals surface area contributed by atoms with E-state index in [1.54, 1.807) is 24.3 Å². The molecule has 6 nitrogen and oxygen atoms in total. The van der Waals surface area contributed by atoms with Crippen LogP contribution in [0.15, 0.2) is 24.3 Å². The number of hydrogen-bond donors (Lipinski definition) is 1. The Morgan fingerprint density at radius 3 is 2.74 bits per heavy atom. The molecule has 1 saturated heterocycles. The first-order valence-corrected chi connectivity index (χ1v) is 5.91. The molecule has 0 radical (unpaired) electrons. The van der Waals surface area contributed by atoms with Gasteiger partial charge < -0.3 is 19.5 Å². The molecule has 1 amide bonds. The number of carbonyl (C=O) groups is 2. The van der Waals surface area contributed by atoms with Gasteiger partial charge >= 0.3 is 5.97 Å². The first-order chi connectivity index (χ1) is 8.97. The van der Waals surface area contributed by atoms with Gasteiger partial charge in [-0.25, -0.2) is 0 Å². The number of nitrogens with zero attached hydrogens (tertiary/aromatic N) is 1. The predicted molar refractivity (Wildman–Crippen MR) is 65.6 cm³/mol. The van der Waals surface area contributed by atoms with Crippen molar-refractivity contribution in [1.82, 2.24) is 4.90 Å². The Morgan fingerprint density at radius 2 is 2.16 bits per heavy atom. The maximum Gasteiger partial charge on any atom is 0.308 e. The number of ether oxygens (including phenoxy) is 2. The van der Waals surface area contributed by atoms with E-state index >= 15 is 0 Å². The van der Waals surface area contributed by atoms with Crippen molar-refractivity contribution >= 4 is 11.9 Å². The van der Waals surface area contributed by atoms with Gasteiger partial charge in [-0.05, 0) is 19.1 Å². The first kappa shape index (κ1) is 13.4. The zero-order valence-electron chi connectivity index (χ0n) is 10.7. The van der Waals surface area contributed by atoms with Crippen LogP contribution in [-0.4, -0.2) is 40.8 Å². The average molecular weight is 265 g/mol. The normalized spacial score (nSPS) is 19.6. The number of β-lactam (4-membered cyclic amide) rings is 1. The third-order valence-corrected chi connectivity index (χ3v) is 2.72. The van der Waals surface area contributed by atoms with Crippen LogP contribution in [0.2, 0.25) is 0 Å². The van der Waals surface area contributed by atoms with Crippen LogP contribution < -0.4 is 9.47 Å². The molecule has 0 spiro atoms. The molecule has 1 aliphatic heterocycles. The van der Waals surface area contributed by atoms with Crippen molar-refractivity contribution in [2.45, 2.75) is 26.2 Å². The molecule has 2 unspecified atom stereocenters. The van der Waals surface area contributed by atoms with E-state index in [4.69, 9.17) is 9.47 Å². The van der Waals surface area contributed by atoms with Crippen LogP contribution in [0, 0.1) is 0 Å². The summed E-state index contributed by atoms with van der Waals surface area (Å²) in [6, 6.07) is 6.51. The summed E-state index contributed by atoms with van der Waals surface area (Å²) in [6.45, 7) is 3.17. The second-order valence-electron chi connectivity index (χ2n) is 4.30. The van der Waals surface area contributed by atoms with E-state index in [1.165, 1.54) is 18.7 Å². The van der Waals surface area contributed by atoms with Crippen molar-refractivity contribution in [3.8, 4) is 11.5 Å². The lowest BCUT2D eigenvalue weighted by Crippen LogP contribution is -2.61. The molecule has 0 saturated carbocycles. The Balaban J connectivity index is 1.97. The number of benzene rings is 1. The van der Waals surface area contributed by atoms with Crippen LogP contribution in [0.1, 0.15) is 13.8 Å². The van der Waals surface area contributed by atoms with E-state index in [1.807, 2.05) is 0 Å². The minimum absolute atomic E-state index is 0.257. The Bertz CT molecular complexity index is 500. The zero-order valence-corrected chi connectivity index (χ0v) is 10.7. The van der Waals surface area contributed by atoms with Crippen molar-refractivity contribution in [2.24, 2.45) is 0 Å². The van der Waals surface area contributed by atoms with E-state index < -0.39 is 18.3 Å². The van der Waals surface area contributed by atoms with E-state index in [-0.39, 0.29) is 5.91 Å². The molecule has 1 heterocycles. The van der Waals surface area contributed by atoms with Gasteiger partial charge in [0, 0.05) is 13.0 Å². The van der Waals surface area contributed by atoms with E-state index in [2.05, 4.69) is 0 Å². The Hall–Kier alpha value is -2.08. The maximum absolute atomic E-state index is 11.6. The summed E-state index contributed by atoms with van der Waals surface area (Å²) < 4.78 is 10.4. The molecule has 19 heavy (non-hydrogen) atoms. The molecule has 102 valence electrons. The lowest BCUT2D eigenvalue weighted by Gasteiger charge is -2.39. The molecule has 2 rings (SSSR count).